The lowest BCUT2D eigenvalue weighted by Gasteiger charge is -2.33. The lowest BCUT2D eigenvalue weighted by Crippen LogP contribution is -2.35. The van der Waals surface area contributed by atoms with E-state index in [1.807, 2.05) is 20.2 Å². The minimum Gasteiger partial charge on any atom is -0.339 e. The van der Waals surface area contributed by atoms with Crippen LogP contribution in [-0.4, -0.2) is 31.7 Å². The van der Waals surface area contributed by atoms with E-state index in [9.17, 15) is 0 Å². The number of benzene rings is 2. The summed E-state index contributed by atoms with van der Waals surface area (Å²) in [4.78, 5) is 4.91. The van der Waals surface area contributed by atoms with Crippen molar-refractivity contribution >= 4 is 34.7 Å². The van der Waals surface area contributed by atoms with Gasteiger partial charge in [-0.1, -0.05) is 35.5 Å². The molecule has 0 N–H and O–H groups in total. The standard InChI is InChI=1S/C18H20ClN2S/c1-21(2,3)12-6-11-20-15-7-4-5-8-17(15)22-18-10-9-14(19)13-16(18)20/h1,4-5,7-10,13H,6,11-12H2,2-3H3/q+1. The molecule has 3 rings (SSSR count). The van der Waals surface area contributed by atoms with Crippen molar-refractivity contribution in [3.8, 4) is 0 Å². The molecule has 1 aliphatic rings. The van der Waals surface area contributed by atoms with Gasteiger partial charge in [0.05, 0.1) is 32.0 Å². The third-order valence-corrected chi connectivity index (χ3v) is 5.07. The van der Waals surface area contributed by atoms with Crippen molar-refractivity contribution in [3.63, 3.8) is 0 Å². The Morgan fingerprint density at radius 2 is 1.82 bits per heavy atom. The second-order valence-corrected chi connectivity index (χ2v) is 7.71. The van der Waals surface area contributed by atoms with Gasteiger partial charge in [0.15, 0.2) is 0 Å². The van der Waals surface area contributed by atoms with Crippen LogP contribution in [0.3, 0.4) is 0 Å². The van der Waals surface area contributed by atoms with Crippen molar-refractivity contribution in [1.29, 1.82) is 0 Å². The van der Waals surface area contributed by atoms with Gasteiger partial charge >= 0.3 is 0 Å². The van der Waals surface area contributed by atoms with Crippen LogP contribution < -0.4 is 4.90 Å². The predicted octanol–water partition coefficient (Wildman–Crippen LogP) is 5.08. The molecule has 0 aliphatic carbocycles. The van der Waals surface area contributed by atoms with Gasteiger partial charge in [-0.15, -0.1) is 0 Å². The van der Waals surface area contributed by atoms with E-state index in [1.54, 1.807) is 11.8 Å². The van der Waals surface area contributed by atoms with E-state index < -0.39 is 0 Å². The Hall–Kier alpha value is -1.16. The van der Waals surface area contributed by atoms with Gasteiger partial charge in [0.2, 0.25) is 7.05 Å². The predicted molar refractivity (Wildman–Crippen MR) is 94.9 cm³/mol. The van der Waals surface area contributed by atoms with Crippen LogP contribution in [0.15, 0.2) is 52.3 Å². The van der Waals surface area contributed by atoms with Gasteiger partial charge in [0.25, 0.3) is 0 Å². The van der Waals surface area contributed by atoms with Crippen molar-refractivity contribution in [3.05, 3.63) is 54.5 Å². The van der Waals surface area contributed by atoms with Gasteiger partial charge in [-0.25, -0.2) is 0 Å². The van der Waals surface area contributed by atoms with Crippen molar-refractivity contribution in [2.24, 2.45) is 0 Å². The Kier molecular flexibility index (Phi) is 4.40. The molecule has 1 heterocycles. The molecule has 0 amide bonds. The topological polar surface area (TPSA) is 3.24 Å². The van der Waals surface area contributed by atoms with E-state index in [-0.39, 0.29) is 0 Å². The highest BCUT2D eigenvalue weighted by molar-refractivity contribution is 7.99. The third-order valence-electron chi connectivity index (χ3n) is 3.70. The lowest BCUT2D eigenvalue weighted by molar-refractivity contribution is -0.845. The molecule has 2 radical (unpaired) electrons. The number of fused-ring (bicyclic) bond motifs is 2. The second kappa shape index (κ2) is 6.15. The fourth-order valence-electron chi connectivity index (χ4n) is 2.68. The Morgan fingerprint density at radius 3 is 2.59 bits per heavy atom. The van der Waals surface area contributed by atoms with Gasteiger partial charge < -0.3 is 9.38 Å². The average Bonchev–Trinajstić information content (AvgIpc) is 2.46. The van der Waals surface area contributed by atoms with Gasteiger partial charge in [-0.2, -0.15) is 0 Å². The van der Waals surface area contributed by atoms with E-state index in [2.05, 4.69) is 41.3 Å². The minimum atomic E-state index is 0.493. The molecule has 0 saturated heterocycles. The number of halogens is 1. The molecule has 0 spiro atoms. The molecule has 0 fully saturated rings. The number of hydrogen-bond acceptors (Lipinski definition) is 2. The smallest absolute Gasteiger partial charge is 0.206 e. The summed E-state index contributed by atoms with van der Waals surface area (Å²) < 4.78 is 0.493. The summed E-state index contributed by atoms with van der Waals surface area (Å²) in [7, 11) is 10.1. The highest BCUT2D eigenvalue weighted by Crippen LogP contribution is 2.48. The van der Waals surface area contributed by atoms with Crippen LogP contribution in [0.1, 0.15) is 6.42 Å². The molecule has 2 aromatic rings. The molecule has 0 atom stereocenters. The number of hydrogen-bond donors (Lipinski definition) is 0. The van der Waals surface area contributed by atoms with Gasteiger partial charge in [0, 0.05) is 27.8 Å². The molecule has 114 valence electrons. The van der Waals surface area contributed by atoms with Gasteiger partial charge in [-0.3, -0.25) is 0 Å². The van der Waals surface area contributed by atoms with Gasteiger partial charge in [0.1, 0.15) is 0 Å². The van der Waals surface area contributed by atoms with Crippen LogP contribution in [0.5, 0.6) is 0 Å². The van der Waals surface area contributed by atoms with E-state index in [0.29, 0.717) is 4.48 Å². The molecule has 0 bridgehead atoms. The Balaban J connectivity index is 1.92. The summed E-state index contributed by atoms with van der Waals surface area (Å²) in [6.07, 6.45) is 1.02. The van der Waals surface area contributed by atoms with Gasteiger partial charge in [-0.05, 0) is 30.3 Å². The van der Waals surface area contributed by atoms with Crippen LogP contribution >= 0.6 is 23.4 Å². The van der Waals surface area contributed by atoms with Crippen molar-refractivity contribution < 1.29 is 4.48 Å². The third kappa shape index (κ3) is 3.43. The molecule has 22 heavy (non-hydrogen) atoms. The summed E-state index contributed by atoms with van der Waals surface area (Å²) in [6.45, 7) is 1.87. The second-order valence-electron chi connectivity index (χ2n) is 6.19. The molecule has 0 unspecified atom stereocenters. The Labute approximate surface area is 142 Å². The first-order valence-electron chi connectivity index (χ1n) is 7.39. The summed E-state index contributed by atoms with van der Waals surface area (Å²) in [5.41, 5.74) is 2.45. The quantitative estimate of drug-likeness (QED) is 0.719. The van der Waals surface area contributed by atoms with Crippen molar-refractivity contribution in [2.75, 3.05) is 32.1 Å². The number of rotatable bonds is 4. The number of para-hydroxylation sites is 1. The maximum Gasteiger partial charge on any atom is 0.206 e. The fraction of sp³-hybridized carbons (Fsp3) is 0.278. The van der Waals surface area contributed by atoms with Crippen LogP contribution in [-0.2, 0) is 0 Å². The summed E-state index contributed by atoms with van der Waals surface area (Å²) in [5, 5.41) is 0.777. The van der Waals surface area contributed by atoms with E-state index in [4.69, 9.17) is 18.6 Å². The molecule has 0 saturated carbocycles. The van der Waals surface area contributed by atoms with Crippen LogP contribution in [0.25, 0.3) is 0 Å². The zero-order chi connectivity index (χ0) is 15.7. The SMILES string of the molecule is [CH][N+](C)(C)CCCN1c2ccccc2Sc2ccc(Cl)cc21. The van der Waals surface area contributed by atoms with E-state index in [0.717, 1.165) is 24.5 Å². The summed E-state index contributed by atoms with van der Waals surface area (Å²) in [6, 6.07) is 14.6. The summed E-state index contributed by atoms with van der Waals surface area (Å²) >= 11 is 8.02. The average molecular weight is 332 g/mol. The lowest BCUT2D eigenvalue weighted by atomic mass is 10.2. The Bertz CT molecular complexity index is 679. The number of nitrogens with zero attached hydrogens (tertiary/aromatic N) is 2. The Morgan fingerprint density at radius 1 is 1.09 bits per heavy atom. The molecular weight excluding hydrogens is 312 g/mol. The zero-order valence-electron chi connectivity index (χ0n) is 12.9. The molecule has 2 aromatic carbocycles. The fourth-order valence-corrected chi connectivity index (χ4v) is 3.92. The normalized spacial score (nSPS) is 13.7. The van der Waals surface area contributed by atoms with Crippen LogP contribution in [0.4, 0.5) is 11.4 Å². The number of anilines is 2. The van der Waals surface area contributed by atoms with Crippen molar-refractivity contribution in [1.82, 2.24) is 0 Å². The van der Waals surface area contributed by atoms with Crippen LogP contribution in [0, 0.1) is 7.05 Å². The number of quaternary nitrogens is 1. The monoisotopic (exact) mass is 331 g/mol. The van der Waals surface area contributed by atoms with Crippen molar-refractivity contribution in [2.45, 2.75) is 16.2 Å². The first-order chi connectivity index (χ1) is 10.4. The molecule has 1 aliphatic heterocycles. The maximum absolute atomic E-state index is 6.22. The van der Waals surface area contributed by atoms with E-state index >= 15 is 0 Å². The first-order valence-corrected chi connectivity index (χ1v) is 8.59. The zero-order valence-corrected chi connectivity index (χ0v) is 14.5. The highest BCUT2D eigenvalue weighted by Gasteiger charge is 2.23. The summed E-state index contributed by atoms with van der Waals surface area (Å²) in [5.74, 6) is 0. The van der Waals surface area contributed by atoms with E-state index in [1.165, 1.54) is 21.2 Å². The van der Waals surface area contributed by atoms with Crippen LogP contribution in [0.2, 0.25) is 5.02 Å². The largest absolute Gasteiger partial charge is 0.339 e. The molecular formula is C18H20ClN2S+. The molecule has 0 aromatic heterocycles. The molecule has 2 nitrogen and oxygen atoms in total. The minimum absolute atomic E-state index is 0.493. The molecule has 4 heteroatoms. The maximum atomic E-state index is 6.22. The highest BCUT2D eigenvalue weighted by atomic mass is 35.5. The first kappa shape index (κ1) is 15.7.